The predicted molar refractivity (Wildman–Crippen MR) is 133 cm³/mol. The van der Waals surface area contributed by atoms with Crippen LogP contribution in [0, 0.1) is 0 Å². The lowest BCUT2D eigenvalue weighted by Crippen LogP contribution is -2.01. The Bertz CT molecular complexity index is 1490. The molecule has 10 heteroatoms. The molecule has 6 heterocycles. The summed E-state index contributed by atoms with van der Waals surface area (Å²) in [4.78, 5) is 53.9. The Hall–Kier alpha value is -4.39. The van der Waals surface area contributed by atoms with Crippen LogP contribution in [0.5, 0.6) is 0 Å². The molecule has 6 aromatic rings. The van der Waals surface area contributed by atoms with Crippen LogP contribution >= 0.6 is 0 Å². The van der Waals surface area contributed by atoms with Crippen molar-refractivity contribution < 1.29 is 0 Å². The fraction of sp³-hybridized carbons (Fsp3) is 0. The van der Waals surface area contributed by atoms with Crippen molar-refractivity contribution >= 4 is 50.5 Å². The highest BCUT2D eigenvalue weighted by atomic mass is 27.0. The average Bonchev–Trinajstić information content (AvgIpc) is 2.86. The summed E-state index contributed by atoms with van der Waals surface area (Å²) in [5.41, 5.74) is 3.69. The second-order valence-electron chi connectivity index (χ2n) is 6.72. The van der Waals surface area contributed by atoms with Crippen LogP contribution in [0.25, 0.3) is 33.1 Å². The molecule has 0 amide bonds. The van der Waals surface area contributed by atoms with Gasteiger partial charge >= 0.3 is 0 Å². The lowest BCUT2D eigenvalue weighted by Gasteiger charge is -1.91. The van der Waals surface area contributed by atoms with Crippen molar-refractivity contribution in [2.45, 2.75) is 0 Å². The normalized spacial score (nSPS) is 9.88. The lowest BCUT2D eigenvalue weighted by atomic mass is 10.3. The summed E-state index contributed by atoms with van der Waals surface area (Å²) in [7, 11) is 0. The SMILES string of the molecule is O=c1cc[nH]c2cccnc12.O=c1cc[nH]c2cccnc12.O=c1cc[nH]c2cccnc12.[Al]. The van der Waals surface area contributed by atoms with Gasteiger partial charge < -0.3 is 15.0 Å². The van der Waals surface area contributed by atoms with Gasteiger partial charge in [-0.2, -0.15) is 0 Å². The Morgan fingerprint density at radius 2 is 0.765 bits per heavy atom. The van der Waals surface area contributed by atoms with Crippen LogP contribution in [-0.4, -0.2) is 47.3 Å². The fourth-order valence-electron chi connectivity index (χ4n) is 3.01. The zero-order valence-electron chi connectivity index (χ0n) is 17.8. The minimum absolute atomic E-state index is 0. The fourth-order valence-corrected chi connectivity index (χ4v) is 3.01. The maximum Gasteiger partial charge on any atom is 0.207 e. The summed E-state index contributed by atoms with van der Waals surface area (Å²) in [6.45, 7) is 0. The van der Waals surface area contributed by atoms with E-state index in [1.807, 2.05) is 18.2 Å². The summed E-state index contributed by atoms with van der Waals surface area (Å²) in [5.74, 6) is 0. The summed E-state index contributed by atoms with van der Waals surface area (Å²) < 4.78 is 0. The van der Waals surface area contributed by atoms with E-state index in [0.717, 1.165) is 16.6 Å². The summed E-state index contributed by atoms with van der Waals surface area (Å²) in [5, 5.41) is 0. The van der Waals surface area contributed by atoms with Crippen LogP contribution < -0.4 is 16.3 Å². The Kier molecular flexibility index (Phi) is 8.18. The van der Waals surface area contributed by atoms with Gasteiger partial charge in [-0.05, 0) is 36.4 Å². The zero-order valence-corrected chi connectivity index (χ0v) is 19.0. The number of rotatable bonds is 0. The molecule has 165 valence electrons. The van der Waals surface area contributed by atoms with E-state index < -0.39 is 0 Å². The number of nitrogens with one attached hydrogen (secondary N) is 3. The predicted octanol–water partition coefficient (Wildman–Crippen LogP) is 2.39. The highest BCUT2D eigenvalue weighted by molar-refractivity contribution is 5.76. The average molecular weight is 465 g/mol. The first-order valence-electron chi connectivity index (χ1n) is 9.91. The number of fused-ring (bicyclic) bond motifs is 3. The highest BCUT2D eigenvalue weighted by Crippen LogP contribution is 2.01. The number of aromatic amines is 3. The molecule has 6 rings (SSSR count). The second kappa shape index (κ2) is 11.5. The number of nitrogens with zero attached hydrogens (tertiary/aromatic N) is 3. The molecule has 0 atom stereocenters. The molecule has 3 radical (unpaired) electrons. The molecule has 0 saturated heterocycles. The topological polar surface area (TPSA) is 137 Å². The van der Waals surface area contributed by atoms with Crippen LogP contribution in [0.15, 0.2) is 106 Å². The molecule has 0 unspecified atom stereocenters. The van der Waals surface area contributed by atoms with Gasteiger partial charge in [0.2, 0.25) is 16.3 Å². The zero-order chi connectivity index (χ0) is 23.0. The molecular weight excluding hydrogens is 447 g/mol. The Morgan fingerprint density at radius 1 is 0.471 bits per heavy atom. The van der Waals surface area contributed by atoms with Crippen LogP contribution in [0.3, 0.4) is 0 Å². The van der Waals surface area contributed by atoms with Crippen molar-refractivity contribution in [1.82, 2.24) is 29.9 Å². The van der Waals surface area contributed by atoms with Crippen LogP contribution in [0.1, 0.15) is 0 Å². The number of aromatic nitrogens is 6. The van der Waals surface area contributed by atoms with Crippen molar-refractivity contribution in [3.63, 3.8) is 0 Å². The largest absolute Gasteiger partial charge is 0.360 e. The van der Waals surface area contributed by atoms with Gasteiger partial charge in [0.05, 0.1) is 16.6 Å². The molecule has 0 aliphatic heterocycles. The first-order chi connectivity index (χ1) is 16.1. The van der Waals surface area contributed by atoms with E-state index >= 15 is 0 Å². The maximum absolute atomic E-state index is 11.1. The molecule has 0 spiro atoms. The number of pyridine rings is 6. The highest BCUT2D eigenvalue weighted by Gasteiger charge is 1.96. The Labute approximate surface area is 202 Å². The molecule has 0 aliphatic rings. The standard InChI is InChI=1S/3C8H6N2O.Al/c3*11-7-3-5-9-6-2-1-4-10-8(6)7;/h3*1-5H,(H,9,11);. The number of hydrogen-bond acceptors (Lipinski definition) is 6. The van der Waals surface area contributed by atoms with Crippen molar-refractivity contribution in [3.8, 4) is 0 Å². The van der Waals surface area contributed by atoms with E-state index in [1.165, 1.54) is 18.2 Å². The van der Waals surface area contributed by atoms with Gasteiger partial charge in [0.25, 0.3) is 0 Å². The van der Waals surface area contributed by atoms with E-state index in [-0.39, 0.29) is 33.6 Å². The van der Waals surface area contributed by atoms with Gasteiger partial charge in [-0.15, -0.1) is 0 Å². The molecular formula is C24H18AlN6O3. The Morgan fingerprint density at radius 3 is 1.03 bits per heavy atom. The smallest absolute Gasteiger partial charge is 0.207 e. The third-order valence-corrected chi connectivity index (χ3v) is 4.54. The monoisotopic (exact) mass is 465 g/mol. The van der Waals surface area contributed by atoms with Gasteiger partial charge in [0.1, 0.15) is 16.6 Å². The first kappa shape index (κ1) is 24.3. The lowest BCUT2D eigenvalue weighted by molar-refractivity contribution is 1.31. The quantitative estimate of drug-likeness (QED) is 0.295. The molecule has 34 heavy (non-hydrogen) atoms. The van der Waals surface area contributed by atoms with Crippen molar-refractivity contribution in [2.24, 2.45) is 0 Å². The van der Waals surface area contributed by atoms with E-state index in [4.69, 9.17) is 0 Å². The molecule has 9 nitrogen and oxygen atoms in total. The molecule has 0 aliphatic carbocycles. The van der Waals surface area contributed by atoms with Gasteiger partial charge in [0, 0.05) is 72.7 Å². The van der Waals surface area contributed by atoms with Crippen molar-refractivity contribution in [3.05, 3.63) is 122 Å². The third kappa shape index (κ3) is 5.69. The molecule has 0 saturated carbocycles. The minimum atomic E-state index is -0.0423. The Balaban J connectivity index is 0.000000141. The molecule has 6 aromatic heterocycles. The van der Waals surface area contributed by atoms with Gasteiger partial charge in [-0.1, -0.05) is 0 Å². The van der Waals surface area contributed by atoms with Crippen molar-refractivity contribution in [1.29, 1.82) is 0 Å². The molecule has 0 aromatic carbocycles. The van der Waals surface area contributed by atoms with E-state index in [1.54, 1.807) is 55.4 Å². The van der Waals surface area contributed by atoms with Gasteiger partial charge in [-0.25, -0.2) is 0 Å². The molecule has 3 N–H and O–H groups in total. The molecule has 0 fully saturated rings. The third-order valence-electron chi connectivity index (χ3n) is 4.54. The van der Waals surface area contributed by atoms with Crippen LogP contribution in [-0.2, 0) is 0 Å². The molecule has 0 bridgehead atoms. The van der Waals surface area contributed by atoms with E-state index in [9.17, 15) is 14.4 Å². The summed E-state index contributed by atoms with van der Waals surface area (Å²) in [6, 6.07) is 15.2. The van der Waals surface area contributed by atoms with Gasteiger partial charge in [0.15, 0.2) is 0 Å². The second-order valence-corrected chi connectivity index (χ2v) is 6.72. The summed E-state index contributed by atoms with van der Waals surface area (Å²) >= 11 is 0. The van der Waals surface area contributed by atoms with E-state index in [2.05, 4.69) is 29.9 Å². The number of hydrogen-bond donors (Lipinski definition) is 3. The van der Waals surface area contributed by atoms with Crippen molar-refractivity contribution in [2.75, 3.05) is 0 Å². The van der Waals surface area contributed by atoms with Crippen LogP contribution in [0.2, 0.25) is 0 Å². The minimum Gasteiger partial charge on any atom is -0.360 e. The van der Waals surface area contributed by atoms with Gasteiger partial charge in [-0.3, -0.25) is 29.3 Å². The summed E-state index contributed by atoms with van der Waals surface area (Å²) in [6.07, 6.45) is 9.68. The maximum atomic E-state index is 11.1. The van der Waals surface area contributed by atoms with E-state index in [0.29, 0.717) is 16.6 Å². The first-order valence-corrected chi connectivity index (χ1v) is 9.91. The number of H-pyrrole nitrogens is 3. The van der Waals surface area contributed by atoms with Crippen LogP contribution in [0.4, 0.5) is 0 Å².